The van der Waals surface area contributed by atoms with Gasteiger partial charge in [0.15, 0.2) is 0 Å². The Morgan fingerprint density at radius 2 is 1.87 bits per heavy atom. The van der Waals surface area contributed by atoms with Crippen LogP contribution in [0.4, 0.5) is 4.39 Å². The molecule has 4 rings (SSSR count). The van der Waals surface area contributed by atoms with Crippen LogP contribution < -0.4 is 10.9 Å². The lowest BCUT2D eigenvalue weighted by atomic mass is 9.92. The molecule has 0 spiro atoms. The average molecular weight is 514 g/mol. The summed E-state index contributed by atoms with van der Waals surface area (Å²) >= 11 is 0. The lowest BCUT2D eigenvalue weighted by molar-refractivity contribution is 0.325. The van der Waals surface area contributed by atoms with E-state index in [1.54, 1.807) is 6.92 Å². The van der Waals surface area contributed by atoms with Gasteiger partial charge in [0, 0.05) is 49.1 Å². The van der Waals surface area contributed by atoms with Gasteiger partial charge in [-0.15, -0.1) is 0 Å². The van der Waals surface area contributed by atoms with Crippen LogP contribution in [0.2, 0.25) is 0 Å². The minimum absolute atomic E-state index is 0.127. The Hall–Kier alpha value is -3.98. The molecule has 3 aromatic rings. The number of likely N-dealkylation sites (tertiary alicyclic amines) is 1. The van der Waals surface area contributed by atoms with E-state index in [-0.39, 0.29) is 17.9 Å². The molecule has 2 unspecified atom stereocenters. The van der Waals surface area contributed by atoms with Gasteiger partial charge in [0.1, 0.15) is 6.67 Å². The molecular formula is C30H32FN5O2. The van der Waals surface area contributed by atoms with Crippen LogP contribution in [-0.4, -0.2) is 52.3 Å². The molecular weight excluding hydrogens is 481 g/mol. The second-order valence-electron chi connectivity index (χ2n) is 9.81. The first-order chi connectivity index (χ1) is 18.4. The smallest absolute Gasteiger partial charge is 0.293 e. The number of nitrogens with one attached hydrogen (secondary N) is 2. The fraction of sp³-hybridized carbons (Fsp3) is 0.367. The number of rotatable bonds is 9. The van der Waals surface area contributed by atoms with Crippen molar-refractivity contribution in [3.05, 3.63) is 93.2 Å². The van der Waals surface area contributed by atoms with Crippen LogP contribution in [0.1, 0.15) is 47.2 Å². The van der Waals surface area contributed by atoms with Crippen LogP contribution in [-0.2, 0) is 13.0 Å². The molecule has 0 aliphatic carbocycles. The first-order valence-electron chi connectivity index (χ1n) is 12.8. The fourth-order valence-electron chi connectivity index (χ4n) is 4.53. The van der Waals surface area contributed by atoms with Crippen molar-refractivity contribution in [2.75, 3.05) is 26.3 Å². The third-order valence-electron chi connectivity index (χ3n) is 6.84. The van der Waals surface area contributed by atoms with Crippen molar-refractivity contribution in [2.24, 2.45) is 5.92 Å². The standard InChI is InChI=1S/C30H32FN5O2/c1-21(15-31)33-17-27(14-28-29(37)30(38)35-20-34-28)26-10-8-23(9-11-26)3-2-22-4-6-24(7-5-22)18-36-13-12-25(16-32)19-36/h4-11,20-21,25,27,33,37H,12-15,17-19H2,1H3,(H,34,35,38)/t21?,25-,27?/m0/s1. The number of benzene rings is 2. The average Bonchev–Trinajstić information content (AvgIpc) is 3.40. The lowest BCUT2D eigenvalue weighted by Gasteiger charge is -2.20. The second kappa shape index (κ2) is 13.0. The van der Waals surface area contributed by atoms with Crippen molar-refractivity contribution in [1.82, 2.24) is 20.2 Å². The summed E-state index contributed by atoms with van der Waals surface area (Å²) in [6.07, 6.45) is 2.54. The van der Waals surface area contributed by atoms with E-state index in [1.165, 1.54) is 11.9 Å². The van der Waals surface area contributed by atoms with E-state index in [4.69, 9.17) is 5.26 Å². The molecule has 2 aromatic carbocycles. The van der Waals surface area contributed by atoms with Gasteiger partial charge in [-0.1, -0.05) is 36.1 Å². The van der Waals surface area contributed by atoms with Gasteiger partial charge in [-0.3, -0.25) is 9.69 Å². The van der Waals surface area contributed by atoms with Crippen molar-refractivity contribution in [3.8, 4) is 23.7 Å². The van der Waals surface area contributed by atoms with Crippen molar-refractivity contribution in [1.29, 1.82) is 5.26 Å². The summed E-state index contributed by atoms with van der Waals surface area (Å²) in [6, 6.07) is 18.1. The van der Waals surface area contributed by atoms with Crippen LogP contribution in [0.15, 0.2) is 59.7 Å². The number of hydrogen-bond acceptors (Lipinski definition) is 6. The highest BCUT2D eigenvalue weighted by Crippen LogP contribution is 2.23. The summed E-state index contributed by atoms with van der Waals surface area (Å²) in [5, 5.41) is 22.4. The molecule has 1 saturated heterocycles. The predicted molar refractivity (Wildman–Crippen MR) is 144 cm³/mol. The monoisotopic (exact) mass is 513 g/mol. The maximum absolute atomic E-state index is 13.0. The highest BCUT2D eigenvalue weighted by molar-refractivity contribution is 5.44. The summed E-state index contributed by atoms with van der Waals surface area (Å²) < 4.78 is 13.0. The van der Waals surface area contributed by atoms with Crippen LogP contribution in [0.25, 0.3) is 0 Å². The minimum atomic E-state index is -0.582. The zero-order chi connectivity index (χ0) is 26.9. The quantitative estimate of drug-likeness (QED) is 0.379. The largest absolute Gasteiger partial charge is 0.502 e. The molecule has 1 fully saturated rings. The predicted octanol–water partition coefficient (Wildman–Crippen LogP) is 3.49. The van der Waals surface area contributed by atoms with Gasteiger partial charge in [0.25, 0.3) is 5.56 Å². The van der Waals surface area contributed by atoms with Crippen LogP contribution >= 0.6 is 0 Å². The highest BCUT2D eigenvalue weighted by Gasteiger charge is 2.22. The van der Waals surface area contributed by atoms with E-state index in [1.807, 2.05) is 36.4 Å². The number of aromatic amines is 1. The lowest BCUT2D eigenvalue weighted by Crippen LogP contribution is -2.32. The SMILES string of the molecule is CC(CF)NCC(Cc1nc[nH]c(=O)c1O)c1ccc(C#Cc2ccc(CN3CC[C@@H](C#N)C3)cc2)cc1. The van der Waals surface area contributed by atoms with Gasteiger partial charge >= 0.3 is 0 Å². The van der Waals surface area contributed by atoms with Gasteiger partial charge in [0.05, 0.1) is 24.0 Å². The third-order valence-corrected chi connectivity index (χ3v) is 6.84. The van der Waals surface area contributed by atoms with E-state index in [9.17, 15) is 14.3 Å². The van der Waals surface area contributed by atoms with Crippen molar-refractivity contribution in [3.63, 3.8) is 0 Å². The van der Waals surface area contributed by atoms with Crippen LogP contribution in [0.5, 0.6) is 5.75 Å². The summed E-state index contributed by atoms with van der Waals surface area (Å²) in [4.78, 5) is 20.6. The molecule has 7 nitrogen and oxygen atoms in total. The Labute approximate surface area is 222 Å². The maximum Gasteiger partial charge on any atom is 0.293 e. The van der Waals surface area contributed by atoms with E-state index in [0.717, 1.165) is 42.7 Å². The third kappa shape index (κ3) is 7.29. The maximum atomic E-state index is 13.0. The number of aromatic nitrogens is 2. The first-order valence-corrected chi connectivity index (χ1v) is 12.8. The first kappa shape index (κ1) is 27.1. The van der Waals surface area contributed by atoms with E-state index in [2.05, 4.69) is 50.2 Å². The summed E-state index contributed by atoms with van der Waals surface area (Å²) in [6.45, 7) is 4.38. The molecule has 3 atom stereocenters. The second-order valence-corrected chi connectivity index (χ2v) is 9.81. The van der Waals surface area contributed by atoms with E-state index in [0.29, 0.717) is 18.7 Å². The fourth-order valence-corrected chi connectivity index (χ4v) is 4.53. The summed E-state index contributed by atoms with van der Waals surface area (Å²) in [7, 11) is 0. The molecule has 38 heavy (non-hydrogen) atoms. The van der Waals surface area contributed by atoms with Crippen molar-refractivity contribution in [2.45, 2.75) is 38.3 Å². The Morgan fingerprint density at radius 1 is 1.18 bits per heavy atom. The van der Waals surface area contributed by atoms with Crippen molar-refractivity contribution < 1.29 is 9.50 Å². The van der Waals surface area contributed by atoms with Gasteiger partial charge in [-0.25, -0.2) is 9.37 Å². The van der Waals surface area contributed by atoms with Crippen LogP contribution in [0, 0.1) is 29.1 Å². The summed E-state index contributed by atoms with van der Waals surface area (Å²) in [5.74, 6) is 6.03. The number of nitrogens with zero attached hydrogens (tertiary/aromatic N) is 3. The minimum Gasteiger partial charge on any atom is -0.502 e. The highest BCUT2D eigenvalue weighted by atomic mass is 19.1. The molecule has 1 aliphatic rings. The van der Waals surface area contributed by atoms with Crippen LogP contribution in [0.3, 0.4) is 0 Å². The molecule has 1 aromatic heterocycles. The molecule has 0 bridgehead atoms. The Balaban J connectivity index is 1.42. The molecule has 3 N–H and O–H groups in total. The number of aromatic hydroxyl groups is 1. The molecule has 2 heterocycles. The van der Waals surface area contributed by atoms with Crippen molar-refractivity contribution >= 4 is 0 Å². The molecule has 0 radical (unpaired) electrons. The number of alkyl halides is 1. The molecule has 0 amide bonds. The number of hydrogen-bond donors (Lipinski definition) is 3. The number of halogens is 1. The van der Waals surface area contributed by atoms with E-state index < -0.39 is 18.0 Å². The normalized spacial score (nSPS) is 16.8. The summed E-state index contributed by atoms with van der Waals surface area (Å²) in [5.41, 5.74) is 3.68. The molecule has 196 valence electrons. The number of H-pyrrole nitrogens is 1. The topological polar surface area (TPSA) is 105 Å². The Kier molecular flexibility index (Phi) is 9.26. The Bertz CT molecular complexity index is 1370. The van der Waals surface area contributed by atoms with E-state index >= 15 is 0 Å². The number of nitriles is 1. The molecule has 1 aliphatic heterocycles. The van der Waals surface area contributed by atoms with Gasteiger partial charge in [0.2, 0.25) is 5.75 Å². The molecule has 0 saturated carbocycles. The molecule has 8 heteroatoms. The zero-order valence-corrected chi connectivity index (χ0v) is 21.5. The Morgan fingerprint density at radius 3 is 2.50 bits per heavy atom. The van der Waals surface area contributed by atoms with Gasteiger partial charge < -0.3 is 15.4 Å². The van der Waals surface area contributed by atoms with Gasteiger partial charge in [-0.05, 0) is 55.3 Å². The van der Waals surface area contributed by atoms with Gasteiger partial charge in [-0.2, -0.15) is 5.26 Å². The zero-order valence-electron chi connectivity index (χ0n) is 21.5.